The van der Waals surface area contributed by atoms with E-state index in [2.05, 4.69) is 47.6 Å². The zero-order valence-corrected chi connectivity index (χ0v) is 20.1. The molecule has 0 saturated carbocycles. The largest absolute Gasteiger partial charge is 0.373 e. The summed E-state index contributed by atoms with van der Waals surface area (Å²) in [6.45, 7) is 10.8. The average Bonchev–Trinajstić information content (AvgIpc) is 2.73. The van der Waals surface area contributed by atoms with E-state index in [1.54, 1.807) is 0 Å². The molecule has 0 aromatic heterocycles. The number of thioether (sulfide) groups is 1. The van der Waals surface area contributed by atoms with Gasteiger partial charge in [0, 0.05) is 43.7 Å². The van der Waals surface area contributed by atoms with Crippen molar-refractivity contribution in [3.05, 3.63) is 59.7 Å². The van der Waals surface area contributed by atoms with E-state index in [9.17, 15) is 9.59 Å². The lowest BCUT2D eigenvalue weighted by Crippen LogP contribution is -2.45. The van der Waals surface area contributed by atoms with E-state index in [-0.39, 0.29) is 29.3 Å². The number of carbonyl (C=O) groups is 2. The van der Waals surface area contributed by atoms with E-state index in [1.807, 2.05) is 37.3 Å². The molecular formula is C25H33N3O3S. The van der Waals surface area contributed by atoms with Crippen LogP contribution in [0.1, 0.15) is 38.8 Å². The molecule has 1 heterocycles. The molecule has 3 atom stereocenters. The first kappa shape index (κ1) is 24.3. The second-order valence-corrected chi connectivity index (χ2v) is 9.82. The lowest BCUT2D eigenvalue weighted by molar-refractivity contribution is -0.120. The van der Waals surface area contributed by atoms with Gasteiger partial charge in [-0.05, 0) is 56.2 Å². The van der Waals surface area contributed by atoms with E-state index in [0.29, 0.717) is 6.54 Å². The Morgan fingerprint density at radius 2 is 1.69 bits per heavy atom. The van der Waals surface area contributed by atoms with Gasteiger partial charge in [-0.1, -0.05) is 24.3 Å². The molecule has 1 fully saturated rings. The maximum Gasteiger partial charge on any atom is 0.233 e. The van der Waals surface area contributed by atoms with Crippen LogP contribution in [0.4, 0.5) is 5.69 Å². The fraction of sp³-hybridized carbons (Fsp3) is 0.440. The molecule has 0 radical (unpaired) electrons. The highest BCUT2D eigenvalue weighted by Crippen LogP contribution is 2.25. The summed E-state index contributed by atoms with van der Waals surface area (Å²) in [6, 6.07) is 15.8. The third-order valence-electron chi connectivity index (χ3n) is 5.32. The van der Waals surface area contributed by atoms with Gasteiger partial charge in [-0.3, -0.25) is 14.5 Å². The molecule has 0 bridgehead atoms. The highest BCUT2D eigenvalue weighted by Gasteiger charge is 2.23. The van der Waals surface area contributed by atoms with Crippen LogP contribution in [0, 0.1) is 0 Å². The quantitative estimate of drug-likeness (QED) is 0.588. The molecule has 2 aromatic carbocycles. The normalized spacial score (nSPS) is 19.9. The van der Waals surface area contributed by atoms with E-state index in [4.69, 9.17) is 4.74 Å². The lowest BCUT2D eigenvalue weighted by Gasteiger charge is -2.35. The van der Waals surface area contributed by atoms with Crippen LogP contribution in [-0.4, -0.2) is 47.3 Å². The Bertz CT molecular complexity index is 909. The van der Waals surface area contributed by atoms with Crippen LogP contribution in [0.5, 0.6) is 0 Å². The number of hydrogen-bond acceptors (Lipinski definition) is 5. The van der Waals surface area contributed by atoms with Gasteiger partial charge in [0.25, 0.3) is 0 Å². The zero-order valence-electron chi connectivity index (χ0n) is 19.3. The molecule has 0 spiro atoms. The van der Waals surface area contributed by atoms with E-state index in [1.165, 1.54) is 24.2 Å². The molecule has 2 N–H and O–H groups in total. The van der Waals surface area contributed by atoms with E-state index in [0.717, 1.165) is 35.8 Å². The maximum atomic E-state index is 12.7. The van der Waals surface area contributed by atoms with Gasteiger partial charge in [0.05, 0.1) is 17.5 Å². The predicted molar refractivity (Wildman–Crippen MR) is 130 cm³/mol. The van der Waals surface area contributed by atoms with Gasteiger partial charge < -0.3 is 15.4 Å². The van der Waals surface area contributed by atoms with Crippen molar-refractivity contribution in [3.63, 3.8) is 0 Å². The van der Waals surface area contributed by atoms with Crippen molar-refractivity contribution in [2.24, 2.45) is 0 Å². The topological polar surface area (TPSA) is 70.7 Å². The van der Waals surface area contributed by atoms with Gasteiger partial charge in [-0.2, -0.15) is 0 Å². The number of morpholine rings is 1. The number of nitrogens with one attached hydrogen (secondary N) is 2. The molecule has 1 aliphatic rings. The van der Waals surface area contributed by atoms with Crippen molar-refractivity contribution in [1.82, 2.24) is 10.2 Å². The first-order valence-corrected chi connectivity index (χ1v) is 11.9. The van der Waals surface area contributed by atoms with Crippen molar-refractivity contribution in [2.75, 3.05) is 18.4 Å². The number of nitrogens with zero attached hydrogens (tertiary/aromatic N) is 1. The van der Waals surface area contributed by atoms with Gasteiger partial charge in [0.1, 0.15) is 0 Å². The second-order valence-electron chi connectivity index (χ2n) is 8.40. The van der Waals surface area contributed by atoms with Crippen LogP contribution in [0.2, 0.25) is 0 Å². The maximum absolute atomic E-state index is 12.7. The first-order chi connectivity index (χ1) is 15.3. The van der Waals surface area contributed by atoms with Gasteiger partial charge in [-0.15, -0.1) is 11.8 Å². The number of amides is 2. The Hall–Kier alpha value is -2.35. The van der Waals surface area contributed by atoms with Crippen LogP contribution >= 0.6 is 11.8 Å². The fourth-order valence-corrected chi connectivity index (χ4v) is 4.83. The van der Waals surface area contributed by atoms with Crippen LogP contribution in [-0.2, 0) is 27.4 Å². The van der Waals surface area contributed by atoms with Crippen molar-refractivity contribution in [3.8, 4) is 0 Å². The number of anilines is 1. The molecule has 1 aliphatic heterocycles. The van der Waals surface area contributed by atoms with Crippen molar-refractivity contribution >= 4 is 29.3 Å². The molecule has 1 saturated heterocycles. The molecule has 172 valence electrons. The number of ether oxygens (including phenoxy) is 1. The number of rotatable bonds is 8. The second kappa shape index (κ2) is 11.5. The summed E-state index contributed by atoms with van der Waals surface area (Å²) in [4.78, 5) is 27.2. The number of benzene rings is 2. The Morgan fingerprint density at radius 3 is 2.31 bits per heavy atom. The Labute approximate surface area is 195 Å². The van der Waals surface area contributed by atoms with Crippen LogP contribution in [0.25, 0.3) is 0 Å². The van der Waals surface area contributed by atoms with Gasteiger partial charge in [0.15, 0.2) is 0 Å². The van der Waals surface area contributed by atoms with Crippen LogP contribution in [0.15, 0.2) is 53.4 Å². The minimum atomic E-state index is -0.227. The summed E-state index contributed by atoms with van der Waals surface area (Å²) in [7, 11) is 0. The van der Waals surface area contributed by atoms with Crippen LogP contribution in [0.3, 0.4) is 0 Å². The summed E-state index contributed by atoms with van der Waals surface area (Å²) < 4.78 is 5.84. The standard InChI is InChI=1S/C25H33N3O3S/c1-17-14-28(15-18(2)31-17)16-22-8-6-5-7-21(22)13-26-25(30)19(3)32-24-11-9-23(10-12-24)27-20(4)29/h5-12,17-19H,13-16H2,1-4H3,(H,26,30)(H,27,29). The van der Waals surface area contributed by atoms with Gasteiger partial charge >= 0.3 is 0 Å². The Balaban J connectivity index is 1.53. The highest BCUT2D eigenvalue weighted by molar-refractivity contribution is 8.00. The molecule has 32 heavy (non-hydrogen) atoms. The van der Waals surface area contributed by atoms with Gasteiger partial charge in [-0.25, -0.2) is 0 Å². The molecule has 2 amide bonds. The molecular weight excluding hydrogens is 422 g/mol. The first-order valence-electron chi connectivity index (χ1n) is 11.1. The Morgan fingerprint density at radius 1 is 1.06 bits per heavy atom. The average molecular weight is 456 g/mol. The lowest BCUT2D eigenvalue weighted by atomic mass is 10.1. The third-order valence-corrected chi connectivity index (χ3v) is 6.43. The molecule has 2 aromatic rings. The van der Waals surface area contributed by atoms with Crippen LogP contribution < -0.4 is 10.6 Å². The predicted octanol–water partition coefficient (Wildman–Crippen LogP) is 4.05. The molecule has 0 aliphatic carbocycles. The minimum Gasteiger partial charge on any atom is -0.373 e. The summed E-state index contributed by atoms with van der Waals surface area (Å²) in [5, 5.41) is 5.61. The Kier molecular flexibility index (Phi) is 8.73. The van der Waals surface area contributed by atoms with E-state index >= 15 is 0 Å². The molecule has 3 unspecified atom stereocenters. The summed E-state index contributed by atoms with van der Waals surface area (Å²) in [5.41, 5.74) is 3.13. The van der Waals surface area contributed by atoms with Crippen molar-refractivity contribution < 1.29 is 14.3 Å². The zero-order chi connectivity index (χ0) is 23.1. The summed E-state index contributed by atoms with van der Waals surface area (Å²) >= 11 is 1.50. The molecule has 6 nitrogen and oxygen atoms in total. The third kappa shape index (κ3) is 7.36. The number of carbonyl (C=O) groups excluding carboxylic acids is 2. The SMILES string of the molecule is CC(=O)Nc1ccc(SC(C)C(=O)NCc2ccccc2CN2CC(C)OC(C)C2)cc1. The van der Waals surface area contributed by atoms with E-state index < -0.39 is 0 Å². The fourth-order valence-electron chi connectivity index (χ4n) is 3.94. The monoisotopic (exact) mass is 455 g/mol. The highest BCUT2D eigenvalue weighted by atomic mass is 32.2. The summed E-state index contributed by atoms with van der Waals surface area (Å²) in [5.74, 6) is -0.0968. The van der Waals surface area contributed by atoms with Gasteiger partial charge in [0.2, 0.25) is 11.8 Å². The van der Waals surface area contributed by atoms with Crippen molar-refractivity contribution in [2.45, 2.75) is 63.1 Å². The molecule has 3 rings (SSSR count). The van der Waals surface area contributed by atoms with Crippen molar-refractivity contribution in [1.29, 1.82) is 0 Å². The number of hydrogen-bond donors (Lipinski definition) is 2. The molecule has 7 heteroatoms. The smallest absolute Gasteiger partial charge is 0.233 e. The summed E-state index contributed by atoms with van der Waals surface area (Å²) in [6.07, 6.45) is 0.464. The minimum absolute atomic E-state index is 0.00403.